The zero-order chi connectivity index (χ0) is 22.1. The van der Waals surface area contributed by atoms with Crippen molar-refractivity contribution in [1.82, 2.24) is 14.9 Å². The number of para-hydroxylation sites is 1. The molecule has 6 nitrogen and oxygen atoms in total. The van der Waals surface area contributed by atoms with Gasteiger partial charge in [-0.25, -0.2) is 4.79 Å². The zero-order valence-corrected chi connectivity index (χ0v) is 19.2. The first-order valence-electron chi connectivity index (χ1n) is 12.1. The highest BCUT2D eigenvalue weighted by Gasteiger charge is 2.32. The van der Waals surface area contributed by atoms with Gasteiger partial charge in [0, 0.05) is 36.1 Å². The smallest absolute Gasteiger partial charge is 0.323 e. The van der Waals surface area contributed by atoms with Crippen LogP contribution in [0.15, 0.2) is 47.3 Å². The lowest BCUT2D eigenvalue weighted by atomic mass is 9.80. The van der Waals surface area contributed by atoms with Crippen LogP contribution in [0.4, 0.5) is 11.4 Å². The molecule has 2 fully saturated rings. The molecule has 1 aliphatic carbocycles. The minimum absolute atomic E-state index is 0.138. The summed E-state index contributed by atoms with van der Waals surface area (Å²) in [5.74, 6) is 0.582. The van der Waals surface area contributed by atoms with Crippen molar-refractivity contribution in [2.45, 2.75) is 50.6 Å². The number of hydrogen-bond donors (Lipinski definition) is 3. The van der Waals surface area contributed by atoms with Gasteiger partial charge >= 0.3 is 5.69 Å². The van der Waals surface area contributed by atoms with Crippen LogP contribution in [0.25, 0.3) is 11.0 Å². The molecule has 3 aromatic rings. The van der Waals surface area contributed by atoms with E-state index in [9.17, 15) is 4.79 Å². The average molecular weight is 434 g/mol. The lowest BCUT2D eigenvalue weighted by molar-refractivity contribution is 0.315. The first-order chi connectivity index (χ1) is 15.6. The Hall–Kier alpha value is -2.73. The third kappa shape index (κ3) is 4.29. The highest BCUT2D eigenvalue weighted by molar-refractivity contribution is 5.82. The Morgan fingerprint density at radius 3 is 2.41 bits per heavy atom. The third-order valence-corrected chi connectivity index (χ3v) is 7.45. The summed E-state index contributed by atoms with van der Waals surface area (Å²) in [6.07, 6.45) is 7.57. The molecule has 1 unspecified atom stereocenters. The Kier molecular flexibility index (Phi) is 5.96. The van der Waals surface area contributed by atoms with E-state index in [1.54, 1.807) is 0 Å². The normalized spacial score (nSPS) is 20.8. The van der Waals surface area contributed by atoms with Crippen LogP contribution in [0.2, 0.25) is 0 Å². The predicted octanol–water partition coefficient (Wildman–Crippen LogP) is 4.73. The number of likely N-dealkylation sites (N-methyl/N-ethyl adjacent to an activating group) is 1. The van der Waals surface area contributed by atoms with Crippen molar-refractivity contribution in [3.63, 3.8) is 0 Å². The van der Waals surface area contributed by atoms with E-state index in [2.05, 4.69) is 81.6 Å². The fraction of sp³-hybridized carbons (Fsp3) is 0.500. The van der Waals surface area contributed by atoms with Gasteiger partial charge in [0.2, 0.25) is 0 Å². The number of imidazole rings is 1. The van der Waals surface area contributed by atoms with Crippen molar-refractivity contribution in [2.24, 2.45) is 5.92 Å². The molecule has 2 heterocycles. The molecule has 0 spiro atoms. The first kappa shape index (κ1) is 21.1. The number of nitrogens with one attached hydrogen (secondary N) is 3. The van der Waals surface area contributed by atoms with Crippen LogP contribution in [0.1, 0.15) is 50.1 Å². The van der Waals surface area contributed by atoms with Crippen LogP contribution in [0, 0.1) is 5.92 Å². The van der Waals surface area contributed by atoms with E-state index in [0.717, 1.165) is 36.2 Å². The molecule has 1 saturated heterocycles. The third-order valence-electron chi connectivity index (χ3n) is 7.45. The minimum Gasteiger partial charge on any atom is -0.378 e. The van der Waals surface area contributed by atoms with Crippen molar-refractivity contribution in [3.8, 4) is 0 Å². The van der Waals surface area contributed by atoms with Gasteiger partial charge in [-0.15, -0.1) is 0 Å². The maximum absolute atomic E-state index is 12.1. The molecule has 1 aromatic heterocycles. The van der Waals surface area contributed by atoms with Gasteiger partial charge in [-0.2, -0.15) is 0 Å². The number of rotatable bonds is 6. The predicted molar refractivity (Wildman–Crippen MR) is 133 cm³/mol. The van der Waals surface area contributed by atoms with E-state index in [-0.39, 0.29) is 11.7 Å². The molecule has 1 saturated carbocycles. The average Bonchev–Trinajstić information content (AvgIpc) is 3.44. The maximum Gasteiger partial charge on any atom is 0.323 e. The van der Waals surface area contributed by atoms with Crippen molar-refractivity contribution in [3.05, 3.63) is 58.5 Å². The molecule has 1 aliphatic heterocycles. The Balaban J connectivity index is 1.59. The molecule has 0 amide bonds. The van der Waals surface area contributed by atoms with Crippen LogP contribution in [0.5, 0.6) is 0 Å². The summed E-state index contributed by atoms with van der Waals surface area (Å²) < 4.78 is 0. The molecule has 0 radical (unpaired) electrons. The quantitative estimate of drug-likeness (QED) is 0.526. The standard InChI is InChI=1S/C26H35N5O/c1-30(2)20-13-14-31(17-20)24-16-23-22(28-26(32)29-23)15-21(24)25(18-9-5-3-6-10-18)27-19-11-7-4-8-12-19/h4,7-8,11-12,15-16,18,20,25,27H,3,5-6,9-10,13-14,17H2,1-2H3,(H2,28,29,32)/t20-,25?/m1/s1. The fourth-order valence-electron chi connectivity index (χ4n) is 5.62. The molecule has 170 valence electrons. The van der Waals surface area contributed by atoms with Crippen LogP contribution in [-0.4, -0.2) is 48.1 Å². The highest BCUT2D eigenvalue weighted by Crippen LogP contribution is 2.42. The minimum atomic E-state index is -0.138. The lowest BCUT2D eigenvalue weighted by Gasteiger charge is -2.35. The number of hydrogen-bond acceptors (Lipinski definition) is 4. The fourth-order valence-corrected chi connectivity index (χ4v) is 5.62. The van der Waals surface area contributed by atoms with Crippen molar-refractivity contribution < 1.29 is 0 Å². The van der Waals surface area contributed by atoms with Gasteiger partial charge in [-0.1, -0.05) is 37.5 Å². The zero-order valence-electron chi connectivity index (χ0n) is 19.2. The van der Waals surface area contributed by atoms with Gasteiger partial charge in [0.05, 0.1) is 17.1 Å². The van der Waals surface area contributed by atoms with Gasteiger partial charge in [-0.05, 0) is 63.5 Å². The summed E-state index contributed by atoms with van der Waals surface area (Å²) in [5, 5.41) is 3.90. The summed E-state index contributed by atoms with van der Waals surface area (Å²) in [4.78, 5) is 22.9. The highest BCUT2D eigenvalue weighted by atomic mass is 16.1. The number of aromatic amines is 2. The van der Waals surface area contributed by atoms with Gasteiger partial charge < -0.3 is 25.1 Å². The molecule has 2 aromatic carbocycles. The first-order valence-corrected chi connectivity index (χ1v) is 12.1. The van der Waals surface area contributed by atoms with Crippen LogP contribution in [0.3, 0.4) is 0 Å². The number of anilines is 2. The van der Waals surface area contributed by atoms with Gasteiger partial charge in [0.15, 0.2) is 0 Å². The summed E-state index contributed by atoms with van der Waals surface area (Å²) in [6.45, 7) is 2.06. The summed E-state index contributed by atoms with van der Waals surface area (Å²) in [6, 6.07) is 15.8. The largest absolute Gasteiger partial charge is 0.378 e. The number of H-pyrrole nitrogens is 2. The maximum atomic E-state index is 12.1. The molecular weight excluding hydrogens is 398 g/mol. The van der Waals surface area contributed by atoms with Crippen LogP contribution in [-0.2, 0) is 0 Å². The number of fused-ring (bicyclic) bond motifs is 1. The molecule has 2 aliphatic rings. The van der Waals surface area contributed by atoms with E-state index in [0.29, 0.717) is 12.0 Å². The summed E-state index contributed by atoms with van der Waals surface area (Å²) >= 11 is 0. The molecule has 2 atom stereocenters. The molecule has 32 heavy (non-hydrogen) atoms. The van der Waals surface area contributed by atoms with E-state index >= 15 is 0 Å². The Morgan fingerprint density at radius 1 is 1.00 bits per heavy atom. The van der Waals surface area contributed by atoms with Gasteiger partial charge in [0.25, 0.3) is 0 Å². The van der Waals surface area contributed by atoms with Gasteiger partial charge in [-0.3, -0.25) is 0 Å². The molecule has 6 heteroatoms. The Bertz CT molecular complexity index is 1100. The summed E-state index contributed by atoms with van der Waals surface area (Å²) in [5.41, 5.74) is 5.38. The molecule has 3 N–H and O–H groups in total. The number of nitrogens with zero attached hydrogens (tertiary/aromatic N) is 2. The van der Waals surface area contributed by atoms with Gasteiger partial charge in [0.1, 0.15) is 0 Å². The summed E-state index contributed by atoms with van der Waals surface area (Å²) in [7, 11) is 4.34. The Labute approximate surface area is 190 Å². The topological polar surface area (TPSA) is 67.2 Å². The van der Waals surface area contributed by atoms with Crippen molar-refractivity contribution in [2.75, 3.05) is 37.4 Å². The van der Waals surface area contributed by atoms with E-state index in [1.165, 1.54) is 43.4 Å². The second-order valence-electron chi connectivity index (χ2n) is 9.77. The Morgan fingerprint density at radius 2 is 1.72 bits per heavy atom. The lowest BCUT2D eigenvalue weighted by Crippen LogP contribution is -2.32. The molecule has 5 rings (SSSR count). The van der Waals surface area contributed by atoms with E-state index in [1.807, 2.05) is 0 Å². The van der Waals surface area contributed by atoms with E-state index in [4.69, 9.17) is 0 Å². The monoisotopic (exact) mass is 433 g/mol. The number of benzene rings is 2. The molecule has 0 bridgehead atoms. The second-order valence-corrected chi connectivity index (χ2v) is 9.77. The second kappa shape index (κ2) is 9.02. The molecular formula is C26H35N5O. The number of aromatic nitrogens is 2. The van der Waals surface area contributed by atoms with Crippen LogP contribution < -0.4 is 15.9 Å². The van der Waals surface area contributed by atoms with Crippen molar-refractivity contribution >= 4 is 22.4 Å². The van der Waals surface area contributed by atoms with Crippen LogP contribution >= 0.6 is 0 Å². The van der Waals surface area contributed by atoms with Crippen molar-refractivity contribution in [1.29, 1.82) is 0 Å². The van der Waals surface area contributed by atoms with E-state index < -0.39 is 0 Å². The SMILES string of the molecule is CN(C)[C@@H]1CCN(c2cc3[nH]c(=O)[nH]c3cc2C(Nc2ccccc2)C2CCCCC2)C1.